The second-order valence-electron chi connectivity index (χ2n) is 5.54. The van der Waals surface area contributed by atoms with E-state index in [1.165, 1.54) is 48.4 Å². The number of hydrogen-bond acceptors (Lipinski definition) is 2. The third-order valence-electron chi connectivity index (χ3n) is 3.97. The van der Waals surface area contributed by atoms with Crippen LogP contribution in [0.1, 0.15) is 24.0 Å². The van der Waals surface area contributed by atoms with Crippen LogP contribution in [0, 0.1) is 6.92 Å². The monoisotopic (exact) mass is 266 g/mol. The predicted molar refractivity (Wildman–Crippen MR) is 86.4 cm³/mol. The van der Waals surface area contributed by atoms with Crippen LogP contribution < -0.4 is 10.2 Å². The van der Waals surface area contributed by atoms with E-state index in [0.717, 1.165) is 6.54 Å². The Morgan fingerprint density at radius 2 is 1.65 bits per heavy atom. The normalized spacial score (nSPS) is 14.6. The van der Waals surface area contributed by atoms with Gasteiger partial charge in [0.1, 0.15) is 0 Å². The fraction of sp³-hybridized carbons (Fsp3) is 0.333. The summed E-state index contributed by atoms with van der Waals surface area (Å²) in [4.78, 5) is 2.51. The van der Waals surface area contributed by atoms with Crippen molar-refractivity contribution in [2.45, 2.75) is 26.3 Å². The van der Waals surface area contributed by atoms with Crippen molar-refractivity contribution in [3.63, 3.8) is 0 Å². The lowest BCUT2D eigenvalue weighted by molar-refractivity contribution is 0.949. The molecule has 0 bridgehead atoms. The summed E-state index contributed by atoms with van der Waals surface area (Å²) in [6.07, 6.45) is 2.64. The number of nitrogens with zero attached hydrogens (tertiary/aromatic N) is 1. The summed E-state index contributed by atoms with van der Waals surface area (Å²) in [6, 6.07) is 17.3. The molecule has 0 saturated carbocycles. The summed E-state index contributed by atoms with van der Waals surface area (Å²) >= 11 is 0. The molecular formula is C18H22N2. The smallest absolute Gasteiger partial charge is 0.0421 e. The SMILES string of the molecule is Cc1ccc(NCc2ccccc2N2CCCC2)cc1. The number of hydrogen-bond donors (Lipinski definition) is 1. The molecule has 104 valence electrons. The molecule has 3 rings (SSSR count). The van der Waals surface area contributed by atoms with Crippen LogP contribution in [0.3, 0.4) is 0 Å². The Morgan fingerprint density at radius 3 is 2.40 bits per heavy atom. The summed E-state index contributed by atoms with van der Waals surface area (Å²) < 4.78 is 0. The van der Waals surface area contributed by atoms with Gasteiger partial charge in [-0.2, -0.15) is 0 Å². The van der Waals surface area contributed by atoms with Crippen LogP contribution in [0.4, 0.5) is 11.4 Å². The van der Waals surface area contributed by atoms with Crippen LogP contribution in [-0.4, -0.2) is 13.1 Å². The quantitative estimate of drug-likeness (QED) is 0.892. The fourth-order valence-corrected chi connectivity index (χ4v) is 2.80. The average molecular weight is 266 g/mol. The number of rotatable bonds is 4. The zero-order chi connectivity index (χ0) is 13.8. The molecule has 1 aliphatic heterocycles. The zero-order valence-electron chi connectivity index (χ0n) is 12.1. The van der Waals surface area contributed by atoms with Crippen LogP contribution in [-0.2, 0) is 6.54 Å². The van der Waals surface area contributed by atoms with Gasteiger partial charge in [0.15, 0.2) is 0 Å². The predicted octanol–water partition coefficient (Wildman–Crippen LogP) is 4.21. The molecule has 2 nitrogen and oxygen atoms in total. The van der Waals surface area contributed by atoms with Gasteiger partial charge < -0.3 is 10.2 Å². The van der Waals surface area contributed by atoms with Crippen molar-refractivity contribution in [3.05, 3.63) is 59.7 Å². The van der Waals surface area contributed by atoms with Crippen molar-refractivity contribution in [2.24, 2.45) is 0 Å². The van der Waals surface area contributed by atoms with Crippen molar-refractivity contribution in [2.75, 3.05) is 23.3 Å². The van der Waals surface area contributed by atoms with E-state index in [1.54, 1.807) is 0 Å². The highest BCUT2D eigenvalue weighted by Crippen LogP contribution is 2.25. The lowest BCUT2D eigenvalue weighted by Gasteiger charge is -2.21. The molecule has 0 aliphatic carbocycles. The van der Waals surface area contributed by atoms with Crippen LogP contribution in [0.5, 0.6) is 0 Å². The number of benzene rings is 2. The zero-order valence-corrected chi connectivity index (χ0v) is 12.1. The number of aryl methyl sites for hydroxylation is 1. The molecule has 1 saturated heterocycles. The molecule has 0 aromatic heterocycles. The maximum absolute atomic E-state index is 3.53. The van der Waals surface area contributed by atoms with Gasteiger partial charge in [-0.05, 0) is 43.5 Å². The third kappa shape index (κ3) is 2.96. The summed E-state index contributed by atoms with van der Waals surface area (Å²) in [5, 5.41) is 3.53. The topological polar surface area (TPSA) is 15.3 Å². The van der Waals surface area contributed by atoms with Gasteiger partial charge in [0.25, 0.3) is 0 Å². The molecule has 2 aromatic carbocycles. The molecule has 1 fully saturated rings. The molecule has 0 atom stereocenters. The van der Waals surface area contributed by atoms with Gasteiger partial charge in [0.05, 0.1) is 0 Å². The lowest BCUT2D eigenvalue weighted by atomic mass is 10.1. The average Bonchev–Trinajstić information content (AvgIpc) is 3.01. The van der Waals surface area contributed by atoms with E-state index in [4.69, 9.17) is 0 Å². The van der Waals surface area contributed by atoms with Crippen LogP contribution in [0.2, 0.25) is 0 Å². The summed E-state index contributed by atoms with van der Waals surface area (Å²) in [5.74, 6) is 0. The van der Waals surface area contributed by atoms with E-state index in [-0.39, 0.29) is 0 Å². The summed E-state index contributed by atoms with van der Waals surface area (Å²) in [5.41, 5.74) is 5.26. The molecule has 2 heteroatoms. The van der Waals surface area contributed by atoms with E-state index in [2.05, 4.69) is 65.7 Å². The van der Waals surface area contributed by atoms with E-state index < -0.39 is 0 Å². The fourth-order valence-electron chi connectivity index (χ4n) is 2.80. The first-order valence-electron chi connectivity index (χ1n) is 7.46. The van der Waals surface area contributed by atoms with Crippen LogP contribution in [0.25, 0.3) is 0 Å². The van der Waals surface area contributed by atoms with Crippen molar-refractivity contribution in [3.8, 4) is 0 Å². The second-order valence-corrected chi connectivity index (χ2v) is 5.54. The first-order valence-corrected chi connectivity index (χ1v) is 7.46. The Balaban J connectivity index is 1.72. The first-order chi connectivity index (χ1) is 9.83. The van der Waals surface area contributed by atoms with E-state index >= 15 is 0 Å². The standard InChI is InChI=1S/C18H22N2/c1-15-8-10-17(11-9-15)19-14-16-6-2-3-7-18(16)20-12-4-5-13-20/h2-3,6-11,19H,4-5,12-14H2,1H3. The van der Waals surface area contributed by atoms with Gasteiger partial charge in [-0.15, -0.1) is 0 Å². The minimum Gasteiger partial charge on any atom is -0.381 e. The first kappa shape index (κ1) is 13.0. The highest BCUT2D eigenvalue weighted by Gasteiger charge is 2.14. The maximum atomic E-state index is 3.53. The largest absolute Gasteiger partial charge is 0.381 e. The summed E-state index contributed by atoms with van der Waals surface area (Å²) in [6.45, 7) is 5.39. The number of para-hydroxylation sites is 1. The Labute approximate surface area is 121 Å². The molecule has 1 N–H and O–H groups in total. The Hall–Kier alpha value is -1.96. The number of anilines is 2. The van der Waals surface area contributed by atoms with Gasteiger partial charge in [-0.1, -0.05) is 35.9 Å². The van der Waals surface area contributed by atoms with Crippen molar-refractivity contribution in [1.82, 2.24) is 0 Å². The Bertz CT molecular complexity index is 554. The number of nitrogens with one attached hydrogen (secondary N) is 1. The molecule has 0 spiro atoms. The van der Waals surface area contributed by atoms with E-state index in [1.807, 2.05) is 0 Å². The molecule has 20 heavy (non-hydrogen) atoms. The Kier molecular flexibility index (Phi) is 3.91. The van der Waals surface area contributed by atoms with E-state index in [9.17, 15) is 0 Å². The molecule has 2 aromatic rings. The molecule has 1 aliphatic rings. The van der Waals surface area contributed by atoms with Gasteiger partial charge in [-0.25, -0.2) is 0 Å². The highest BCUT2D eigenvalue weighted by atomic mass is 15.1. The molecular weight excluding hydrogens is 244 g/mol. The van der Waals surface area contributed by atoms with Gasteiger partial charge in [0.2, 0.25) is 0 Å². The minimum absolute atomic E-state index is 0.885. The van der Waals surface area contributed by atoms with Crippen molar-refractivity contribution in [1.29, 1.82) is 0 Å². The van der Waals surface area contributed by atoms with Gasteiger partial charge >= 0.3 is 0 Å². The summed E-state index contributed by atoms with van der Waals surface area (Å²) in [7, 11) is 0. The van der Waals surface area contributed by atoms with Crippen LogP contribution in [0.15, 0.2) is 48.5 Å². The third-order valence-corrected chi connectivity index (χ3v) is 3.97. The highest BCUT2D eigenvalue weighted by molar-refractivity contribution is 5.56. The van der Waals surface area contributed by atoms with Crippen LogP contribution >= 0.6 is 0 Å². The van der Waals surface area contributed by atoms with Crippen molar-refractivity contribution < 1.29 is 0 Å². The van der Waals surface area contributed by atoms with Gasteiger partial charge in [0, 0.05) is 31.0 Å². The van der Waals surface area contributed by atoms with Gasteiger partial charge in [-0.3, -0.25) is 0 Å². The lowest BCUT2D eigenvalue weighted by Crippen LogP contribution is -2.19. The second kappa shape index (κ2) is 6.00. The Morgan fingerprint density at radius 1 is 0.950 bits per heavy atom. The maximum Gasteiger partial charge on any atom is 0.0421 e. The molecule has 0 amide bonds. The van der Waals surface area contributed by atoms with Crippen molar-refractivity contribution >= 4 is 11.4 Å². The minimum atomic E-state index is 0.885. The van der Waals surface area contributed by atoms with E-state index in [0.29, 0.717) is 0 Å². The molecule has 0 unspecified atom stereocenters. The molecule has 0 radical (unpaired) electrons. The molecule has 1 heterocycles.